The summed E-state index contributed by atoms with van der Waals surface area (Å²) in [6.45, 7) is 5.44. The van der Waals surface area contributed by atoms with Crippen molar-refractivity contribution in [3.63, 3.8) is 0 Å². The number of piperazine rings is 1. The van der Waals surface area contributed by atoms with Crippen molar-refractivity contribution in [3.05, 3.63) is 69.8 Å². The van der Waals surface area contributed by atoms with Gasteiger partial charge in [0.25, 0.3) is 5.69 Å². The molecule has 1 saturated heterocycles. The van der Waals surface area contributed by atoms with Crippen molar-refractivity contribution < 1.29 is 14.5 Å². The predicted octanol–water partition coefficient (Wildman–Crippen LogP) is 2.62. The molecule has 0 saturated carbocycles. The zero-order valence-corrected chi connectivity index (χ0v) is 17.0. The highest BCUT2D eigenvalue weighted by Crippen LogP contribution is 2.15. The van der Waals surface area contributed by atoms with Gasteiger partial charge in [-0.15, -0.1) is 0 Å². The normalized spacial score (nSPS) is 14.4. The van der Waals surface area contributed by atoms with Crippen LogP contribution in [0.1, 0.15) is 17.5 Å². The van der Waals surface area contributed by atoms with E-state index in [2.05, 4.69) is 10.2 Å². The maximum absolute atomic E-state index is 12.5. The molecule has 8 heteroatoms. The number of rotatable bonds is 7. The highest BCUT2D eigenvalue weighted by molar-refractivity contribution is 5.90. The third-order valence-corrected chi connectivity index (χ3v) is 5.22. The summed E-state index contributed by atoms with van der Waals surface area (Å²) >= 11 is 0. The molecule has 1 fully saturated rings. The van der Waals surface area contributed by atoms with E-state index in [1.54, 1.807) is 0 Å². The standard InChI is InChI=1S/C22H26N4O4/c1-17-2-4-18(5-3-17)16-22(28)25-14-12-24(13-15-25)11-10-21(27)23-19-6-8-20(9-7-19)26(29)30/h2-9H,10-16H2,1H3,(H,23,27). The van der Waals surface area contributed by atoms with E-state index in [-0.39, 0.29) is 17.5 Å². The van der Waals surface area contributed by atoms with Gasteiger partial charge in [-0.05, 0) is 24.6 Å². The Hall–Kier alpha value is -3.26. The molecule has 2 amide bonds. The summed E-state index contributed by atoms with van der Waals surface area (Å²) in [5, 5.41) is 13.4. The van der Waals surface area contributed by atoms with Gasteiger partial charge in [-0.25, -0.2) is 0 Å². The average molecular weight is 410 g/mol. The number of nitro groups is 1. The minimum Gasteiger partial charge on any atom is -0.340 e. The molecule has 1 aliphatic heterocycles. The van der Waals surface area contributed by atoms with Gasteiger partial charge in [0.05, 0.1) is 11.3 Å². The molecule has 8 nitrogen and oxygen atoms in total. The van der Waals surface area contributed by atoms with Crippen LogP contribution >= 0.6 is 0 Å². The van der Waals surface area contributed by atoms with Gasteiger partial charge in [-0.3, -0.25) is 24.6 Å². The van der Waals surface area contributed by atoms with Crippen LogP contribution in [-0.4, -0.2) is 59.3 Å². The molecule has 0 bridgehead atoms. The van der Waals surface area contributed by atoms with Crippen LogP contribution in [0.15, 0.2) is 48.5 Å². The molecule has 0 atom stereocenters. The molecule has 2 aromatic carbocycles. The number of carbonyl (C=O) groups excluding carboxylic acids is 2. The van der Waals surface area contributed by atoms with Crippen molar-refractivity contribution in [3.8, 4) is 0 Å². The Bertz CT molecular complexity index is 888. The lowest BCUT2D eigenvalue weighted by Gasteiger charge is -2.34. The molecule has 2 aromatic rings. The van der Waals surface area contributed by atoms with Crippen LogP contribution in [0.2, 0.25) is 0 Å². The predicted molar refractivity (Wildman–Crippen MR) is 114 cm³/mol. The van der Waals surface area contributed by atoms with Gasteiger partial charge in [0.1, 0.15) is 0 Å². The fraction of sp³-hybridized carbons (Fsp3) is 0.364. The second-order valence-corrected chi connectivity index (χ2v) is 7.49. The second kappa shape index (κ2) is 9.98. The Morgan fingerprint density at radius 2 is 1.63 bits per heavy atom. The number of amides is 2. The minimum atomic E-state index is -0.475. The van der Waals surface area contributed by atoms with Gasteiger partial charge >= 0.3 is 0 Å². The number of hydrogen-bond acceptors (Lipinski definition) is 5. The summed E-state index contributed by atoms with van der Waals surface area (Å²) in [6, 6.07) is 13.8. The van der Waals surface area contributed by atoms with Crippen molar-refractivity contribution in [2.75, 3.05) is 38.0 Å². The Morgan fingerprint density at radius 3 is 2.23 bits per heavy atom. The molecule has 1 N–H and O–H groups in total. The fourth-order valence-corrected chi connectivity index (χ4v) is 3.36. The number of aryl methyl sites for hydroxylation is 1. The van der Waals surface area contributed by atoms with Crippen LogP contribution in [0.4, 0.5) is 11.4 Å². The number of nitro benzene ring substituents is 1. The summed E-state index contributed by atoms with van der Waals surface area (Å²) in [7, 11) is 0. The lowest BCUT2D eigenvalue weighted by molar-refractivity contribution is -0.384. The number of hydrogen-bond donors (Lipinski definition) is 1. The van der Waals surface area contributed by atoms with E-state index in [4.69, 9.17) is 0 Å². The minimum absolute atomic E-state index is 0.0113. The molecule has 0 aliphatic carbocycles. The number of carbonyl (C=O) groups is 2. The quantitative estimate of drug-likeness (QED) is 0.559. The van der Waals surface area contributed by atoms with Gasteiger partial charge in [0, 0.05) is 57.0 Å². The van der Waals surface area contributed by atoms with Gasteiger partial charge in [-0.2, -0.15) is 0 Å². The summed E-state index contributed by atoms with van der Waals surface area (Å²) in [5.74, 6) is -0.00357. The van der Waals surface area contributed by atoms with E-state index in [0.29, 0.717) is 38.2 Å². The van der Waals surface area contributed by atoms with E-state index >= 15 is 0 Å². The van der Waals surface area contributed by atoms with Gasteiger partial charge in [0.2, 0.25) is 11.8 Å². The molecule has 3 rings (SSSR count). The van der Waals surface area contributed by atoms with Gasteiger partial charge in [-0.1, -0.05) is 29.8 Å². The molecule has 30 heavy (non-hydrogen) atoms. The Kier molecular flexibility index (Phi) is 7.13. The summed E-state index contributed by atoms with van der Waals surface area (Å²) < 4.78 is 0. The summed E-state index contributed by atoms with van der Waals surface area (Å²) in [6.07, 6.45) is 0.742. The van der Waals surface area contributed by atoms with Crippen molar-refractivity contribution in [2.45, 2.75) is 19.8 Å². The maximum atomic E-state index is 12.5. The largest absolute Gasteiger partial charge is 0.340 e. The van der Waals surface area contributed by atoms with Crippen molar-refractivity contribution in [1.29, 1.82) is 0 Å². The molecule has 0 spiro atoms. The highest BCUT2D eigenvalue weighted by Gasteiger charge is 2.21. The molecule has 0 aromatic heterocycles. The number of non-ortho nitro benzene ring substituents is 1. The smallest absolute Gasteiger partial charge is 0.269 e. The second-order valence-electron chi connectivity index (χ2n) is 7.49. The summed E-state index contributed by atoms with van der Waals surface area (Å²) in [5.41, 5.74) is 2.73. The van der Waals surface area contributed by atoms with Crippen molar-refractivity contribution >= 4 is 23.2 Å². The van der Waals surface area contributed by atoms with E-state index in [9.17, 15) is 19.7 Å². The SMILES string of the molecule is Cc1ccc(CC(=O)N2CCN(CCC(=O)Nc3ccc([N+](=O)[O-])cc3)CC2)cc1. The Morgan fingerprint density at radius 1 is 1.00 bits per heavy atom. The van der Waals surface area contributed by atoms with Crippen LogP contribution in [0.25, 0.3) is 0 Å². The monoisotopic (exact) mass is 410 g/mol. The number of anilines is 1. The zero-order valence-electron chi connectivity index (χ0n) is 17.0. The summed E-state index contributed by atoms with van der Waals surface area (Å²) in [4.78, 5) is 38.9. The van der Waals surface area contributed by atoms with E-state index < -0.39 is 4.92 Å². The van der Waals surface area contributed by atoms with Crippen LogP contribution < -0.4 is 5.32 Å². The van der Waals surface area contributed by atoms with Crippen LogP contribution in [0, 0.1) is 17.0 Å². The number of benzene rings is 2. The molecule has 0 unspecified atom stereocenters. The van der Waals surface area contributed by atoms with Crippen LogP contribution in [0.5, 0.6) is 0 Å². The topological polar surface area (TPSA) is 95.8 Å². The third-order valence-electron chi connectivity index (χ3n) is 5.22. The van der Waals surface area contributed by atoms with Crippen molar-refractivity contribution in [2.24, 2.45) is 0 Å². The molecule has 158 valence electrons. The average Bonchev–Trinajstić information content (AvgIpc) is 2.74. The van der Waals surface area contributed by atoms with E-state index in [1.807, 2.05) is 36.1 Å². The van der Waals surface area contributed by atoms with E-state index in [0.717, 1.165) is 18.7 Å². The first kappa shape index (κ1) is 21.4. The van der Waals surface area contributed by atoms with Crippen molar-refractivity contribution in [1.82, 2.24) is 9.80 Å². The van der Waals surface area contributed by atoms with Gasteiger partial charge in [0.15, 0.2) is 0 Å². The molecule has 0 radical (unpaired) electrons. The van der Waals surface area contributed by atoms with Crippen LogP contribution in [0.3, 0.4) is 0 Å². The lowest BCUT2D eigenvalue weighted by Crippen LogP contribution is -2.49. The number of nitrogens with zero attached hydrogens (tertiary/aromatic N) is 3. The van der Waals surface area contributed by atoms with Crippen LogP contribution in [-0.2, 0) is 16.0 Å². The van der Waals surface area contributed by atoms with Gasteiger partial charge < -0.3 is 10.2 Å². The molecule has 1 aliphatic rings. The lowest BCUT2D eigenvalue weighted by atomic mass is 10.1. The fourth-order valence-electron chi connectivity index (χ4n) is 3.36. The third kappa shape index (κ3) is 6.12. The highest BCUT2D eigenvalue weighted by atomic mass is 16.6. The first-order valence-electron chi connectivity index (χ1n) is 10.0. The Labute approximate surface area is 175 Å². The number of nitrogens with one attached hydrogen (secondary N) is 1. The maximum Gasteiger partial charge on any atom is 0.269 e. The Balaban J connectivity index is 1.37. The molecular formula is C22H26N4O4. The first-order valence-corrected chi connectivity index (χ1v) is 10.0. The first-order chi connectivity index (χ1) is 14.4. The van der Waals surface area contributed by atoms with E-state index in [1.165, 1.54) is 29.8 Å². The molecular weight excluding hydrogens is 384 g/mol. The zero-order chi connectivity index (χ0) is 21.5. The molecule has 1 heterocycles.